The maximum absolute atomic E-state index is 12.7. The summed E-state index contributed by atoms with van der Waals surface area (Å²) in [5.74, 6) is 0. The van der Waals surface area contributed by atoms with Crippen LogP contribution in [0.25, 0.3) is 11.1 Å². The van der Waals surface area contributed by atoms with Gasteiger partial charge in [-0.25, -0.2) is 18.1 Å². The van der Waals surface area contributed by atoms with Crippen molar-refractivity contribution >= 4 is 33.5 Å². The number of nitrogens with two attached hydrogens (primary N) is 1. The Balaban J connectivity index is 0.00000192. The van der Waals surface area contributed by atoms with E-state index in [0.717, 1.165) is 25.7 Å². The second-order valence-corrected chi connectivity index (χ2v) is 7.49. The summed E-state index contributed by atoms with van der Waals surface area (Å²) >= 11 is 0. The highest BCUT2D eigenvalue weighted by Crippen LogP contribution is 2.30. The molecule has 128 valence electrons. The summed E-state index contributed by atoms with van der Waals surface area (Å²) in [5.41, 5.74) is 6.33. The zero-order valence-corrected chi connectivity index (χ0v) is 14.5. The molecular formula is C14H21ClN4O3S. The van der Waals surface area contributed by atoms with Gasteiger partial charge >= 0.3 is 0 Å². The first-order valence-electron chi connectivity index (χ1n) is 7.48. The van der Waals surface area contributed by atoms with Gasteiger partial charge in [0.1, 0.15) is 4.90 Å². The fraction of sp³-hybridized carbons (Fsp3) is 0.571. The highest BCUT2D eigenvalue weighted by Gasteiger charge is 2.37. The van der Waals surface area contributed by atoms with Crippen LogP contribution in [0.2, 0.25) is 0 Å². The number of halogens is 1. The molecule has 0 amide bonds. The molecule has 0 aliphatic heterocycles. The first kappa shape index (κ1) is 18.1. The van der Waals surface area contributed by atoms with Crippen molar-refractivity contribution in [1.82, 2.24) is 14.9 Å². The van der Waals surface area contributed by atoms with Crippen molar-refractivity contribution in [3.05, 3.63) is 18.0 Å². The lowest BCUT2D eigenvalue weighted by molar-refractivity contribution is 0.399. The van der Waals surface area contributed by atoms with E-state index in [9.17, 15) is 8.42 Å². The monoisotopic (exact) mass is 360 g/mol. The minimum absolute atomic E-state index is 0. The number of pyridine rings is 1. The van der Waals surface area contributed by atoms with Crippen molar-refractivity contribution in [1.29, 1.82) is 0 Å². The Morgan fingerprint density at radius 1 is 1.39 bits per heavy atom. The summed E-state index contributed by atoms with van der Waals surface area (Å²) in [7, 11) is -3.67. The Kier molecular flexibility index (Phi) is 5.30. The first-order chi connectivity index (χ1) is 10.5. The topological polar surface area (TPSA) is 111 Å². The molecule has 1 aliphatic rings. The number of aromatic nitrogens is 2. The predicted molar refractivity (Wildman–Crippen MR) is 89.0 cm³/mol. The molecule has 0 atom stereocenters. The van der Waals surface area contributed by atoms with E-state index in [2.05, 4.69) is 14.9 Å². The molecule has 3 rings (SSSR count). The third-order valence-electron chi connectivity index (χ3n) is 4.33. The Bertz CT molecular complexity index is 784. The molecule has 0 spiro atoms. The molecule has 0 aromatic carbocycles. The molecule has 1 fully saturated rings. The van der Waals surface area contributed by atoms with Crippen LogP contribution in [0.4, 0.5) is 0 Å². The first-order valence-corrected chi connectivity index (χ1v) is 8.96. The molecule has 2 heterocycles. The average Bonchev–Trinajstić information content (AvgIpc) is 3.13. The van der Waals surface area contributed by atoms with Gasteiger partial charge in [-0.2, -0.15) is 0 Å². The van der Waals surface area contributed by atoms with Gasteiger partial charge in [0.05, 0.1) is 17.3 Å². The van der Waals surface area contributed by atoms with Gasteiger partial charge < -0.3 is 10.3 Å². The van der Waals surface area contributed by atoms with Gasteiger partial charge in [0.15, 0.2) is 0 Å². The van der Waals surface area contributed by atoms with E-state index in [1.807, 2.05) is 6.92 Å². The van der Waals surface area contributed by atoms with Crippen molar-refractivity contribution in [2.75, 3.05) is 6.54 Å². The summed E-state index contributed by atoms with van der Waals surface area (Å²) in [6.07, 6.45) is 5.47. The standard InChI is InChI=1S/C14H20N4O3S.ClH/c1-2-12-11-7-10(8-16-13(11)21-17-12)22(19,20)18-14(9-15)5-3-4-6-14;/h7-8,18H,2-6,9,15H2,1H3;1H. The summed E-state index contributed by atoms with van der Waals surface area (Å²) < 4.78 is 33.2. The van der Waals surface area contributed by atoms with Gasteiger partial charge in [0.25, 0.3) is 5.71 Å². The zero-order valence-electron chi connectivity index (χ0n) is 12.9. The van der Waals surface area contributed by atoms with Gasteiger partial charge in [-0.3, -0.25) is 0 Å². The molecule has 23 heavy (non-hydrogen) atoms. The van der Waals surface area contributed by atoms with E-state index in [1.165, 1.54) is 6.20 Å². The Morgan fingerprint density at radius 2 is 2.09 bits per heavy atom. The zero-order chi connectivity index (χ0) is 15.8. The molecule has 1 saturated carbocycles. The molecule has 7 nitrogen and oxygen atoms in total. The number of aryl methyl sites for hydroxylation is 1. The van der Waals surface area contributed by atoms with Crippen LogP contribution in [0.5, 0.6) is 0 Å². The fourth-order valence-electron chi connectivity index (χ4n) is 3.01. The second kappa shape index (κ2) is 6.72. The molecular weight excluding hydrogens is 340 g/mol. The van der Waals surface area contributed by atoms with E-state index >= 15 is 0 Å². The van der Waals surface area contributed by atoms with Crippen molar-refractivity contribution in [3.63, 3.8) is 0 Å². The molecule has 3 N–H and O–H groups in total. The summed E-state index contributed by atoms with van der Waals surface area (Å²) in [6.45, 7) is 2.23. The van der Waals surface area contributed by atoms with Crippen LogP contribution in [0.15, 0.2) is 21.7 Å². The Labute approximate surface area is 141 Å². The van der Waals surface area contributed by atoms with Gasteiger partial charge in [-0.05, 0) is 25.3 Å². The van der Waals surface area contributed by atoms with Gasteiger partial charge in [0, 0.05) is 12.1 Å². The number of rotatable bonds is 5. The normalized spacial score (nSPS) is 17.3. The smallest absolute Gasteiger partial charge is 0.258 e. The van der Waals surface area contributed by atoms with Gasteiger partial charge in [0.2, 0.25) is 10.0 Å². The molecule has 2 aromatic rings. The Morgan fingerprint density at radius 3 is 2.70 bits per heavy atom. The summed E-state index contributed by atoms with van der Waals surface area (Å²) in [4.78, 5) is 4.18. The van der Waals surface area contributed by atoms with Crippen LogP contribution in [-0.2, 0) is 16.4 Å². The minimum atomic E-state index is -3.67. The number of nitrogens with one attached hydrogen (secondary N) is 1. The molecule has 2 aromatic heterocycles. The summed E-state index contributed by atoms with van der Waals surface area (Å²) in [5, 5.41) is 4.53. The van der Waals surface area contributed by atoms with Crippen LogP contribution in [-0.4, -0.2) is 30.6 Å². The van der Waals surface area contributed by atoms with Crippen LogP contribution < -0.4 is 10.5 Å². The largest absolute Gasteiger partial charge is 0.336 e. The fourth-order valence-corrected chi connectivity index (χ4v) is 4.45. The average molecular weight is 361 g/mol. The third kappa shape index (κ3) is 3.35. The minimum Gasteiger partial charge on any atom is -0.336 e. The quantitative estimate of drug-likeness (QED) is 0.840. The number of fused-ring (bicyclic) bond motifs is 1. The number of hydrogen-bond donors (Lipinski definition) is 2. The summed E-state index contributed by atoms with van der Waals surface area (Å²) in [6, 6.07) is 1.57. The van der Waals surface area contributed by atoms with E-state index in [4.69, 9.17) is 10.3 Å². The SMILES string of the molecule is CCc1noc2ncc(S(=O)(=O)NC3(CN)CCCC3)cc12.Cl. The molecule has 0 unspecified atom stereocenters. The number of hydrogen-bond acceptors (Lipinski definition) is 6. The predicted octanol–water partition coefficient (Wildman–Crippen LogP) is 1.76. The molecule has 0 bridgehead atoms. The Hall–Kier alpha value is -1.22. The third-order valence-corrected chi connectivity index (χ3v) is 5.87. The molecule has 0 radical (unpaired) electrons. The highest BCUT2D eigenvalue weighted by molar-refractivity contribution is 7.89. The van der Waals surface area contributed by atoms with Gasteiger partial charge in [-0.15, -0.1) is 12.4 Å². The van der Waals surface area contributed by atoms with E-state index < -0.39 is 15.6 Å². The van der Waals surface area contributed by atoms with Crippen LogP contribution in [0.3, 0.4) is 0 Å². The lowest BCUT2D eigenvalue weighted by Crippen LogP contribution is -2.51. The van der Waals surface area contributed by atoms with Crippen molar-refractivity contribution in [3.8, 4) is 0 Å². The molecule has 9 heteroatoms. The maximum Gasteiger partial charge on any atom is 0.258 e. The van der Waals surface area contributed by atoms with Crippen LogP contribution in [0.1, 0.15) is 38.3 Å². The van der Waals surface area contributed by atoms with Crippen molar-refractivity contribution in [2.45, 2.75) is 49.5 Å². The van der Waals surface area contributed by atoms with Crippen LogP contribution in [0, 0.1) is 0 Å². The molecule has 1 aliphatic carbocycles. The van der Waals surface area contributed by atoms with E-state index in [0.29, 0.717) is 29.8 Å². The lowest BCUT2D eigenvalue weighted by Gasteiger charge is -2.28. The second-order valence-electron chi connectivity index (χ2n) is 5.80. The van der Waals surface area contributed by atoms with Gasteiger partial charge in [-0.1, -0.05) is 24.9 Å². The lowest BCUT2D eigenvalue weighted by atomic mass is 10.0. The van der Waals surface area contributed by atoms with E-state index in [-0.39, 0.29) is 17.3 Å². The maximum atomic E-state index is 12.7. The van der Waals surface area contributed by atoms with Crippen molar-refractivity contribution in [2.24, 2.45) is 5.73 Å². The van der Waals surface area contributed by atoms with Crippen LogP contribution >= 0.6 is 12.4 Å². The number of sulfonamides is 1. The number of nitrogens with zero attached hydrogens (tertiary/aromatic N) is 2. The molecule has 0 saturated heterocycles. The highest BCUT2D eigenvalue weighted by atomic mass is 35.5. The van der Waals surface area contributed by atoms with E-state index in [1.54, 1.807) is 6.07 Å². The van der Waals surface area contributed by atoms with Crippen molar-refractivity contribution < 1.29 is 12.9 Å².